The van der Waals surface area contributed by atoms with Gasteiger partial charge in [0.05, 0.1) is 19.1 Å². The average Bonchev–Trinajstić information content (AvgIpc) is 2.96. The van der Waals surface area contributed by atoms with Gasteiger partial charge in [-0.2, -0.15) is 0 Å². The lowest BCUT2D eigenvalue weighted by Crippen LogP contribution is -2.47. The molecule has 1 aliphatic rings. The molecular weight excluding hydrogens is 460 g/mol. The summed E-state index contributed by atoms with van der Waals surface area (Å²) in [7, 11) is 1.72. The third kappa shape index (κ3) is 6.16. The highest BCUT2D eigenvalue weighted by Crippen LogP contribution is 2.35. The standard InChI is InChI=1S/C32H40N2O3/c1-4-32(31(35)37-5-2,27-12-7-6-8-13-27)20-11-21-33-22-24-34(25-23-33)28-18-16-26(17-19-28)29-14-9-10-15-30(29)36-3/h6-10,12-19H,4-5,11,20-25H2,1-3H3. The number of carbonyl (C=O) groups excluding carboxylic acids is 1. The van der Waals surface area contributed by atoms with E-state index in [0.717, 1.165) is 68.9 Å². The highest BCUT2D eigenvalue weighted by molar-refractivity contribution is 5.83. The lowest BCUT2D eigenvalue weighted by atomic mass is 9.74. The molecule has 1 fully saturated rings. The minimum atomic E-state index is -0.567. The molecule has 3 aromatic carbocycles. The Bertz CT molecular complexity index is 1120. The second kappa shape index (κ2) is 12.8. The van der Waals surface area contributed by atoms with Crippen LogP contribution < -0.4 is 9.64 Å². The van der Waals surface area contributed by atoms with Gasteiger partial charge in [-0.1, -0.05) is 67.6 Å². The number of piperazine rings is 1. The van der Waals surface area contributed by atoms with Crippen molar-refractivity contribution < 1.29 is 14.3 Å². The molecule has 1 heterocycles. The maximum Gasteiger partial charge on any atom is 0.316 e. The van der Waals surface area contributed by atoms with Crippen molar-refractivity contribution in [1.29, 1.82) is 0 Å². The van der Waals surface area contributed by atoms with Gasteiger partial charge < -0.3 is 14.4 Å². The van der Waals surface area contributed by atoms with Crippen molar-refractivity contribution in [2.45, 2.75) is 38.5 Å². The molecule has 0 radical (unpaired) electrons. The molecule has 5 nitrogen and oxygen atoms in total. The van der Waals surface area contributed by atoms with Crippen LogP contribution in [0.1, 0.15) is 38.7 Å². The molecule has 0 amide bonds. The van der Waals surface area contributed by atoms with Crippen LogP contribution in [0.4, 0.5) is 5.69 Å². The fraction of sp³-hybridized carbons (Fsp3) is 0.406. The van der Waals surface area contributed by atoms with E-state index in [1.165, 1.54) is 11.3 Å². The molecule has 3 aromatic rings. The van der Waals surface area contributed by atoms with Gasteiger partial charge in [-0.3, -0.25) is 9.69 Å². The Labute approximate surface area is 222 Å². The van der Waals surface area contributed by atoms with E-state index in [1.807, 2.05) is 43.3 Å². The Hall–Kier alpha value is -3.31. The number of nitrogens with zero attached hydrogens (tertiary/aromatic N) is 2. The van der Waals surface area contributed by atoms with Crippen LogP contribution in [0.15, 0.2) is 78.9 Å². The molecule has 0 bridgehead atoms. The number of carbonyl (C=O) groups is 1. The third-order valence-corrected chi connectivity index (χ3v) is 7.70. The normalized spacial score (nSPS) is 15.7. The molecule has 37 heavy (non-hydrogen) atoms. The van der Waals surface area contributed by atoms with Crippen molar-refractivity contribution in [3.8, 4) is 16.9 Å². The zero-order valence-corrected chi connectivity index (χ0v) is 22.5. The lowest BCUT2D eigenvalue weighted by molar-refractivity contribution is -0.150. The molecule has 0 spiro atoms. The fourth-order valence-electron chi connectivity index (χ4n) is 5.48. The predicted octanol–water partition coefficient (Wildman–Crippen LogP) is 6.18. The monoisotopic (exact) mass is 500 g/mol. The number of hydrogen-bond acceptors (Lipinski definition) is 5. The van der Waals surface area contributed by atoms with Crippen molar-refractivity contribution in [2.75, 3.05) is 51.3 Å². The van der Waals surface area contributed by atoms with Gasteiger partial charge in [0.25, 0.3) is 0 Å². The third-order valence-electron chi connectivity index (χ3n) is 7.70. The summed E-state index contributed by atoms with van der Waals surface area (Å²) in [5.41, 5.74) is 4.04. The molecule has 0 N–H and O–H groups in total. The molecule has 0 saturated carbocycles. The van der Waals surface area contributed by atoms with Crippen LogP contribution in [0, 0.1) is 0 Å². The maximum atomic E-state index is 13.1. The molecule has 1 atom stereocenters. The van der Waals surface area contributed by atoms with Crippen molar-refractivity contribution in [1.82, 2.24) is 4.90 Å². The van der Waals surface area contributed by atoms with Gasteiger partial charge in [0, 0.05) is 37.4 Å². The Morgan fingerprint density at radius 2 is 1.54 bits per heavy atom. The van der Waals surface area contributed by atoms with Crippen LogP contribution in [-0.2, 0) is 14.9 Å². The summed E-state index contributed by atoms with van der Waals surface area (Å²) >= 11 is 0. The summed E-state index contributed by atoms with van der Waals surface area (Å²) in [6, 6.07) is 27.1. The number of para-hydroxylation sites is 1. The molecule has 1 saturated heterocycles. The summed E-state index contributed by atoms with van der Waals surface area (Å²) in [6.45, 7) is 9.45. The first-order chi connectivity index (χ1) is 18.1. The molecule has 0 aromatic heterocycles. The fourth-order valence-corrected chi connectivity index (χ4v) is 5.48. The minimum Gasteiger partial charge on any atom is -0.496 e. The predicted molar refractivity (Wildman–Crippen MR) is 151 cm³/mol. The summed E-state index contributed by atoms with van der Waals surface area (Å²) in [4.78, 5) is 18.1. The molecular formula is C32H40N2O3. The SMILES string of the molecule is CCOC(=O)C(CC)(CCCN1CCN(c2ccc(-c3ccccc3OC)cc2)CC1)c1ccccc1. The van der Waals surface area contributed by atoms with Crippen molar-refractivity contribution in [3.63, 3.8) is 0 Å². The molecule has 4 rings (SSSR count). The Morgan fingerprint density at radius 1 is 0.865 bits per heavy atom. The van der Waals surface area contributed by atoms with E-state index in [4.69, 9.17) is 9.47 Å². The molecule has 0 aliphatic carbocycles. The van der Waals surface area contributed by atoms with Gasteiger partial charge in [0.2, 0.25) is 0 Å². The smallest absolute Gasteiger partial charge is 0.316 e. The number of rotatable bonds is 11. The number of benzene rings is 3. The largest absolute Gasteiger partial charge is 0.496 e. The Morgan fingerprint density at radius 3 is 2.19 bits per heavy atom. The van der Waals surface area contributed by atoms with E-state index in [0.29, 0.717) is 6.61 Å². The van der Waals surface area contributed by atoms with Crippen LogP contribution in [0.2, 0.25) is 0 Å². The molecule has 1 aliphatic heterocycles. The van der Waals surface area contributed by atoms with E-state index in [9.17, 15) is 4.79 Å². The first kappa shape index (κ1) is 26.7. The maximum absolute atomic E-state index is 13.1. The van der Waals surface area contributed by atoms with E-state index >= 15 is 0 Å². The summed E-state index contributed by atoms with van der Waals surface area (Å²) in [5.74, 6) is 0.802. The quantitative estimate of drug-likeness (QED) is 0.294. The summed E-state index contributed by atoms with van der Waals surface area (Å²) in [6.07, 6.45) is 2.51. The zero-order valence-electron chi connectivity index (χ0n) is 22.5. The summed E-state index contributed by atoms with van der Waals surface area (Å²) < 4.78 is 11.1. The summed E-state index contributed by atoms with van der Waals surface area (Å²) in [5, 5.41) is 0. The van der Waals surface area contributed by atoms with Crippen molar-refractivity contribution in [3.05, 3.63) is 84.4 Å². The highest BCUT2D eigenvalue weighted by Gasteiger charge is 2.39. The van der Waals surface area contributed by atoms with E-state index in [2.05, 4.69) is 59.2 Å². The number of hydrogen-bond donors (Lipinski definition) is 0. The topological polar surface area (TPSA) is 42.0 Å². The van der Waals surface area contributed by atoms with Crippen LogP contribution >= 0.6 is 0 Å². The first-order valence-electron chi connectivity index (χ1n) is 13.5. The van der Waals surface area contributed by atoms with E-state index in [-0.39, 0.29) is 5.97 Å². The highest BCUT2D eigenvalue weighted by atomic mass is 16.5. The van der Waals surface area contributed by atoms with Gasteiger partial charge in [-0.15, -0.1) is 0 Å². The van der Waals surface area contributed by atoms with Crippen LogP contribution in [0.25, 0.3) is 11.1 Å². The second-order valence-corrected chi connectivity index (χ2v) is 9.70. The van der Waals surface area contributed by atoms with E-state index in [1.54, 1.807) is 7.11 Å². The Kier molecular flexibility index (Phi) is 9.24. The second-order valence-electron chi connectivity index (χ2n) is 9.70. The van der Waals surface area contributed by atoms with Crippen molar-refractivity contribution >= 4 is 11.7 Å². The van der Waals surface area contributed by atoms with Crippen LogP contribution in [-0.4, -0.2) is 57.3 Å². The average molecular weight is 501 g/mol. The van der Waals surface area contributed by atoms with Crippen LogP contribution in [0.3, 0.4) is 0 Å². The number of anilines is 1. The Balaban J connectivity index is 1.32. The van der Waals surface area contributed by atoms with Gasteiger partial charge in [-0.25, -0.2) is 0 Å². The van der Waals surface area contributed by atoms with Gasteiger partial charge in [-0.05, 0) is 62.1 Å². The molecule has 1 unspecified atom stereocenters. The van der Waals surface area contributed by atoms with E-state index < -0.39 is 5.41 Å². The van der Waals surface area contributed by atoms with Gasteiger partial charge in [0.1, 0.15) is 5.75 Å². The lowest BCUT2D eigenvalue weighted by Gasteiger charge is -2.37. The molecule has 5 heteroatoms. The number of esters is 1. The molecule has 196 valence electrons. The first-order valence-corrected chi connectivity index (χ1v) is 13.5. The number of methoxy groups -OCH3 is 1. The van der Waals surface area contributed by atoms with Crippen LogP contribution in [0.5, 0.6) is 5.75 Å². The van der Waals surface area contributed by atoms with Gasteiger partial charge in [0.15, 0.2) is 0 Å². The van der Waals surface area contributed by atoms with Crippen molar-refractivity contribution in [2.24, 2.45) is 0 Å². The minimum absolute atomic E-state index is 0.0925. The number of ether oxygens (including phenoxy) is 2. The zero-order chi connectivity index (χ0) is 26.1. The van der Waals surface area contributed by atoms with Gasteiger partial charge >= 0.3 is 5.97 Å².